The zero-order chi connectivity index (χ0) is 20.8. The fraction of sp³-hybridized carbons (Fsp3) is 0.0435. The van der Waals surface area contributed by atoms with Gasteiger partial charge < -0.3 is 4.98 Å². The first-order valence-electron chi connectivity index (χ1n) is 8.79. The SMILES string of the molecule is C=NC=N/C=C(C)/C=C/C(=O)c1c(-c2ccccc2)c2cc(Cl)ccc2[nH]c1=O. The number of carbonyl (C=O) groups is 1. The Kier molecular flexibility index (Phi) is 6.32. The minimum Gasteiger partial charge on any atom is -0.321 e. The highest BCUT2D eigenvalue weighted by Crippen LogP contribution is 2.31. The minimum absolute atomic E-state index is 0.0614. The highest BCUT2D eigenvalue weighted by molar-refractivity contribution is 6.31. The van der Waals surface area contributed by atoms with E-state index in [4.69, 9.17) is 11.6 Å². The Hall–Kier alpha value is -3.57. The van der Waals surface area contributed by atoms with Gasteiger partial charge in [0, 0.05) is 27.7 Å². The fourth-order valence-electron chi connectivity index (χ4n) is 2.94. The Bertz CT molecular complexity index is 1220. The summed E-state index contributed by atoms with van der Waals surface area (Å²) in [4.78, 5) is 36.0. The summed E-state index contributed by atoms with van der Waals surface area (Å²) in [6, 6.07) is 14.5. The molecule has 3 rings (SSSR count). The molecule has 0 amide bonds. The van der Waals surface area contributed by atoms with E-state index in [0.717, 1.165) is 11.1 Å². The molecule has 3 aromatic rings. The molecule has 0 saturated carbocycles. The molecule has 6 heteroatoms. The number of ketones is 1. The second kappa shape index (κ2) is 9.08. The lowest BCUT2D eigenvalue weighted by atomic mass is 9.94. The van der Waals surface area contributed by atoms with Crippen molar-refractivity contribution in [1.82, 2.24) is 4.98 Å². The van der Waals surface area contributed by atoms with E-state index in [1.165, 1.54) is 12.4 Å². The molecule has 144 valence electrons. The van der Waals surface area contributed by atoms with Gasteiger partial charge in [-0.2, -0.15) is 0 Å². The van der Waals surface area contributed by atoms with Gasteiger partial charge in [0.2, 0.25) is 0 Å². The second-order valence-corrected chi connectivity index (χ2v) is 6.71. The number of carbonyl (C=O) groups excluding carboxylic acids is 1. The van der Waals surface area contributed by atoms with E-state index in [2.05, 4.69) is 21.7 Å². The number of fused-ring (bicyclic) bond motifs is 1. The largest absolute Gasteiger partial charge is 0.321 e. The number of nitrogens with one attached hydrogen (secondary N) is 1. The van der Waals surface area contributed by atoms with E-state index in [1.54, 1.807) is 37.4 Å². The summed E-state index contributed by atoms with van der Waals surface area (Å²) < 4.78 is 0. The third kappa shape index (κ3) is 4.65. The van der Waals surface area contributed by atoms with Crippen molar-refractivity contribution in [2.75, 3.05) is 0 Å². The molecular formula is C23H18ClN3O2. The van der Waals surface area contributed by atoms with E-state index in [-0.39, 0.29) is 5.56 Å². The van der Waals surface area contributed by atoms with Crippen molar-refractivity contribution in [3.05, 3.63) is 93.4 Å². The number of benzene rings is 2. The molecule has 29 heavy (non-hydrogen) atoms. The third-order valence-corrected chi connectivity index (χ3v) is 4.44. The summed E-state index contributed by atoms with van der Waals surface area (Å²) in [5.74, 6) is -0.412. The lowest BCUT2D eigenvalue weighted by Gasteiger charge is -2.11. The van der Waals surface area contributed by atoms with Gasteiger partial charge in [-0.25, -0.2) is 4.99 Å². The minimum atomic E-state index is -0.455. The van der Waals surface area contributed by atoms with E-state index in [9.17, 15) is 9.59 Å². The summed E-state index contributed by atoms with van der Waals surface area (Å²) in [5, 5.41) is 1.22. The molecule has 0 saturated heterocycles. The second-order valence-electron chi connectivity index (χ2n) is 6.28. The number of H-pyrrole nitrogens is 1. The molecule has 0 aliphatic heterocycles. The number of halogens is 1. The Balaban J connectivity index is 2.19. The van der Waals surface area contributed by atoms with Crippen molar-refractivity contribution in [3.8, 4) is 11.1 Å². The van der Waals surface area contributed by atoms with Crippen LogP contribution in [-0.2, 0) is 0 Å². The molecule has 0 atom stereocenters. The number of aliphatic imine (C=N–C) groups is 2. The van der Waals surface area contributed by atoms with Crippen LogP contribution < -0.4 is 5.56 Å². The molecule has 1 N–H and O–H groups in total. The average molecular weight is 404 g/mol. The van der Waals surface area contributed by atoms with Gasteiger partial charge in [-0.3, -0.25) is 14.6 Å². The number of aromatic amines is 1. The maximum atomic E-state index is 13.0. The van der Waals surface area contributed by atoms with Crippen LogP contribution in [0.5, 0.6) is 0 Å². The molecule has 1 heterocycles. The molecule has 2 aromatic carbocycles. The summed E-state index contributed by atoms with van der Waals surface area (Å²) >= 11 is 6.19. The smallest absolute Gasteiger partial charge is 0.260 e. The van der Waals surface area contributed by atoms with Crippen LogP contribution in [0.25, 0.3) is 22.0 Å². The standard InChI is InChI=1S/C23H18ClN3O2/c1-15(13-26-14-25-2)8-11-20(28)22-21(16-6-4-3-5-7-16)18-12-17(24)9-10-19(18)27-23(22)29/h3-14H,2H2,1H3,(H,27,29)/b11-8+,15-13+,26-14?. The number of aromatic nitrogens is 1. The maximum Gasteiger partial charge on any atom is 0.260 e. The Morgan fingerprint density at radius 2 is 1.90 bits per heavy atom. The molecule has 0 aliphatic carbocycles. The van der Waals surface area contributed by atoms with Gasteiger partial charge in [-0.1, -0.05) is 48.0 Å². The molecule has 0 bridgehead atoms. The predicted octanol–water partition coefficient (Wildman–Crippen LogP) is 5.22. The van der Waals surface area contributed by atoms with Gasteiger partial charge in [0.15, 0.2) is 5.78 Å². The molecule has 1 aromatic heterocycles. The van der Waals surface area contributed by atoms with Crippen LogP contribution in [0.3, 0.4) is 0 Å². The van der Waals surface area contributed by atoms with Crippen molar-refractivity contribution in [3.63, 3.8) is 0 Å². The van der Waals surface area contributed by atoms with E-state index in [0.29, 0.717) is 21.5 Å². The molecule has 0 unspecified atom stereocenters. The quantitative estimate of drug-likeness (QED) is 0.201. The first kappa shape index (κ1) is 20.2. The van der Waals surface area contributed by atoms with Crippen LogP contribution in [0.2, 0.25) is 5.02 Å². The van der Waals surface area contributed by atoms with Crippen LogP contribution in [0.15, 0.2) is 87.2 Å². The van der Waals surface area contributed by atoms with E-state index in [1.807, 2.05) is 30.3 Å². The highest BCUT2D eigenvalue weighted by atomic mass is 35.5. The number of pyridine rings is 1. The number of allylic oxidation sites excluding steroid dienone is 3. The zero-order valence-corrected chi connectivity index (χ0v) is 16.5. The van der Waals surface area contributed by atoms with Gasteiger partial charge in [-0.05, 0) is 49.1 Å². The van der Waals surface area contributed by atoms with Crippen LogP contribution in [0.4, 0.5) is 0 Å². The zero-order valence-electron chi connectivity index (χ0n) is 15.7. The number of hydrogen-bond acceptors (Lipinski definition) is 3. The monoisotopic (exact) mass is 403 g/mol. The maximum absolute atomic E-state index is 13.0. The topological polar surface area (TPSA) is 74.7 Å². The first-order chi connectivity index (χ1) is 14.0. The molecular weight excluding hydrogens is 386 g/mol. The van der Waals surface area contributed by atoms with Crippen molar-refractivity contribution in [1.29, 1.82) is 0 Å². The van der Waals surface area contributed by atoms with E-state index < -0.39 is 11.3 Å². The van der Waals surface area contributed by atoms with Crippen LogP contribution in [-0.4, -0.2) is 23.8 Å². The molecule has 0 spiro atoms. The van der Waals surface area contributed by atoms with Crippen molar-refractivity contribution in [2.45, 2.75) is 6.92 Å². The van der Waals surface area contributed by atoms with Gasteiger partial charge in [0.05, 0.1) is 5.56 Å². The Labute approximate surface area is 172 Å². The summed E-state index contributed by atoms with van der Waals surface area (Å²) in [6.45, 7) is 5.09. The van der Waals surface area contributed by atoms with Crippen molar-refractivity contribution >= 4 is 41.3 Å². The van der Waals surface area contributed by atoms with Gasteiger partial charge in [-0.15, -0.1) is 0 Å². The first-order valence-corrected chi connectivity index (χ1v) is 9.16. The molecule has 0 aliphatic rings. The van der Waals surface area contributed by atoms with Crippen molar-refractivity contribution < 1.29 is 4.79 Å². The Morgan fingerprint density at radius 3 is 2.62 bits per heavy atom. The molecule has 0 radical (unpaired) electrons. The third-order valence-electron chi connectivity index (χ3n) is 4.21. The van der Waals surface area contributed by atoms with E-state index >= 15 is 0 Å². The van der Waals surface area contributed by atoms with Gasteiger partial charge in [0.25, 0.3) is 5.56 Å². The average Bonchev–Trinajstić information content (AvgIpc) is 2.72. The number of nitrogens with zero attached hydrogens (tertiary/aromatic N) is 2. The highest BCUT2D eigenvalue weighted by Gasteiger charge is 2.19. The molecule has 0 fully saturated rings. The van der Waals surface area contributed by atoms with Gasteiger partial charge >= 0.3 is 0 Å². The van der Waals surface area contributed by atoms with Gasteiger partial charge in [0.1, 0.15) is 6.34 Å². The van der Waals surface area contributed by atoms with Crippen LogP contribution >= 0.6 is 11.6 Å². The fourth-order valence-corrected chi connectivity index (χ4v) is 3.11. The predicted molar refractivity (Wildman–Crippen MR) is 120 cm³/mol. The summed E-state index contributed by atoms with van der Waals surface area (Å²) in [6.07, 6.45) is 5.79. The lowest BCUT2D eigenvalue weighted by molar-refractivity contribution is 0.104. The molecule has 5 nitrogen and oxygen atoms in total. The van der Waals surface area contributed by atoms with Crippen molar-refractivity contribution in [2.24, 2.45) is 9.98 Å². The Morgan fingerprint density at radius 1 is 1.14 bits per heavy atom. The van der Waals surface area contributed by atoms with Crippen LogP contribution in [0.1, 0.15) is 17.3 Å². The summed E-state index contributed by atoms with van der Waals surface area (Å²) in [7, 11) is 0. The van der Waals surface area contributed by atoms with Crippen LogP contribution in [0, 0.1) is 0 Å². The number of rotatable bonds is 6. The summed E-state index contributed by atoms with van der Waals surface area (Å²) in [5.41, 5.74) is 2.25. The normalized spacial score (nSPS) is 12.1. The lowest BCUT2D eigenvalue weighted by Crippen LogP contribution is -2.18. The number of hydrogen-bond donors (Lipinski definition) is 1.